The van der Waals surface area contributed by atoms with Crippen molar-refractivity contribution in [3.8, 4) is 11.3 Å². The molecule has 0 aliphatic carbocycles. The number of fused-ring (bicyclic) bond motifs is 1. The normalized spacial score (nSPS) is 12.5. The third kappa shape index (κ3) is 2.84. The van der Waals surface area contributed by atoms with E-state index >= 15 is 0 Å². The van der Waals surface area contributed by atoms with E-state index in [1.165, 1.54) is 0 Å². The third-order valence-electron chi connectivity index (χ3n) is 4.07. The molecule has 1 aromatic carbocycles. The fourth-order valence-electron chi connectivity index (χ4n) is 2.72. The summed E-state index contributed by atoms with van der Waals surface area (Å²) in [7, 11) is 0. The maximum absolute atomic E-state index is 6.15. The largest absolute Gasteiger partial charge is 0.393 e. The zero-order chi connectivity index (χ0) is 16.7. The highest BCUT2D eigenvalue weighted by atomic mass is 35.5. The van der Waals surface area contributed by atoms with Gasteiger partial charge in [-0.3, -0.25) is 0 Å². The highest BCUT2D eigenvalue weighted by Gasteiger charge is 2.21. The minimum absolute atomic E-state index is 0.0761. The van der Waals surface area contributed by atoms with Crippen LogP contribution in [0.2, 0.25) is 5.02 Å². The zero-order valence-electron chi connectivity index (χ0n) is 13.3. The third-order valence-corrected chi connectivity index (χ3v) is 4.85. The molecule has 3 aromatic rings. The molecule has 1 atom stereocenters. The summed E-state index contributed by atoms with van der Waals surface area (Å²) in [6.07, 6.45) is 2.07. The first-order chi connectivity index (χ1) is 10.9. The van der Waals surface area contributed by atoms with Crippen LogP contribution >= 0.6 is 23.8 Å². The van der Waals surface area contributed by atoms with Crippen LogP contribution in [0.4, 0.5) is 0 Å². The molecule has 0 aliphatic heterocycles. The molecule has 5 heteroatoms. The van der Waals surface area contributed by atoms with Crippen molar-refractivity contribution in [1.82, 2.24) is 9.38 Å². The number of nitrogens with zero attached hydrogens (tertiary/aromatic N) is 2. The molecule has 3 rings (SSSR count). The van der Waals surface area contributed by atoms with Gasteiger partial charge in [0.15, 0.2) is 0 Å². The number of hydrogen-bond acceptors (Lipinski definition) is 2. The lowest BCUT2D eigenvalue weighted by Crippen LogP contribution is -2.18. The summed E-state index contributed by atoms with van der Waals surface area (Å²) < 4.78 is 2.08. The molecule has 0 saturated carbocycles. The van der Waals surface area contributed by atoms with Gasteiger partial charge < -0.3 is 10.1 Å². The average molecular weight is 344 g/mol. The summed E-state index contributed by atoms with van der Waals surface area (Å²) in [6.45, 7) is 6.06. The number of pyridine rings is 1. The van der Waals surface area contributed by atoms with Gasteiger partial charge in [-0.05, 0) is 43.2 Å². The second-order valence-corrected chi connectivity index (χ2v) is 6.75. The first-order valence-corrected chi connectivity index (χ1v) is 8.21. The smallest absolute Gasteiger partial charge is 0.137 e. The van der Waals surface area contributed by atoms with Gasteiger partial charge in [0.05, 0.1) is 16.4 Å². The number of nitrogens with two attached hydrogens (primary N) is 1. The number of thiocarbonyl (C=S) groups is 1. The number of rotatable bonds is 3. The molecule has 0 radical (unpaired) electrons. The molecule has 0 bridgehead atoms. The summed E-state index contributed by atoms with van der Waals surface area (Å²) in [5.41, 5.74) is 11.9. The van der Waals surface area contributed by atoms with E-state index in [1.54, 1.807) is 0 Å². The summed E-state index contributed by atoms with van der Waals surface area (Å²) in [5.74, 6) is -0.0761. The molecule has 0 saturated heterocycles. The highest BCUT2D eigenvalue weighted by Crippen LogP contribution is 2.32. The number of aromatic nitrogens is 2. The van der Waals surface area contributed by atoms with Gasteiger partial charge in [0.1, 0.15) is 5.65 Å². The van der Waals surface area contributed by atoms with E-state index in [1.807, 2.05) is 38.1 Å². The minimum Gasteiger partial charge on any atom is -0.393 e. The summed E-state index contributed by atoms with van der Waals surface area (Å²) in [4.78, 5) is 5.26. The fraction of sp³-hybridized carbons (Fsp3) is 0.222. The van der Waals surface area contributed by atoms with Crippen LogP contribution in [0.15, 0.2) is 36.5 Å². The number of hydrogen-bond donors (Lipinski definition) is 1. The van der Waals surface area contributed by atoms with E-state index in [0.29, 0.717) is 4.99 Å². The Morgan fingerprint density at radius 2 is 2.00 bits per heavy atom. The van der Waals surface area contributed by atoms with Crippen molar-refractivity contribution in [2.45, 2.75) is 26.7 Å². The minimum atomic E-state index is -0.0761. The van der Waals surface area contributed by atoms with Gasteiger partial charge in [0.25, 0.3) is 0 Å². The number of aryl methyl sites for hydroxylation is 2. The zero-order valence-corrected chi connectivity index (χ0v) is 14.9. The van der Waals surface area contributed by atoms with Crippen molar-refractivity contribution >= 4 is 34.5 Å². The predicted octanol–water partition coefficient (Wildman–Crippen LogP) is 4.66. The van der Waals surface area contributed by atoms with E-state index in [-0.39, 0.29) is 5.92 Å². The molecule has 3 nitrogen and oxygen atoms in total. The molecular formula is C18H18ClN3S. The average Bonchev–Trinajstić information content (AvgIpc) is 2.87. The Morgan fingerprint density at radius 3 is 2.65 bits per heavy atom. The fourth-order valence-corrected chi connectivity index (χ4v) is 2.95. The van der Waals surface area contributed by atoms with Gasteiger partial charge in [-0.1, -0.05) is 42.9 Å². The Balaban J connectivity index is 2.32. The van der Waals surface area contributed by atoms with Gasteiger partial charge in [-0.25, -0.2) is 4.98 Å². The molecule has 2 heterocycles. The van der Waals surface area contributed by atoms with Crippen LogP contribution in [0.5, 0.6) is 0 Å². The van der Waals surface area contributed by atoms with Crippen LogP contribution in [0, 0.1) is 13.8 Å². The first-order valence-electron chi connectivity index (χ1n) is 7.43. The SMILES string of the molecule is Cc1ccc2nc(-c3ccc(Cl)c(C)c3)c(C(C)C(N)=S)n2c1. The Hall–Kier alpha value is -1.91. The molecular weight excluding hydrogens is 326 g/mol. The van der Waals surface area contributed by atoms with Crippen LogP contribution in [0.25, 0.3) is 16.9 Å². The van der Waals surface area contributed by atoms with Crippen LogP contribution in [-0.4, -0.2) is 14.4 Å². The van der Waals surface area contributed by atoms with E-state index in [0.717, 1.165) is 38.7 Å². The maximum Gasteiger partial charge on any atom is 0.137 e. The molecule has 2 aromatic heterocycles. The molecule has 0 spiro atoms. The topological polar surface area (TPSA) is 43.3 Å². The quantitative estimate of drug-likeness (QED) is 0.703. The van der Waals surface area contributed by atoms with Gasteiger partial charge in [0, 0.05) is 22.7 Å². The monoisotopic (exact) mass is 343 g/mol. The number of benzene rings is 1. The van der Waals surface area contributed by atoms with E-state index in [9.17, 15) is 0 Å². The molecule has 118 valence electrons. The molecule has 0 fully saturated rings. The Kier molecular flexibility index (Phi) is 4.13. The van der Waals surface area contributed by atoms with Crippen LogP contribution in [0.1, 0.15) is 29.7 Å². The highest BCUT2D eigenvalue weighted by molar-refractivity contribution is 7.80. The summed E-state index contributed by atoms with van der Waals surface area (Å²) >= 11 is 11.4. The second-order valence-electron chi connectivity index (χ2n) is 5.87. The Bertz CT molecular complexity index is 914. The van der Waals surface area contributed by atoms with Crippen molar-refractivity contribution in [2.75, 3.05) is 0 Å². The van der Waals surface area contributed by atoms with Crippen LogP contribution in [0.3, 0.4) is 0 Å². The van der Waals surface area contributed by atoms with Crippen molar-refractivity contribution in [3.63, 3.8) is 0 Å². The van der Waals surface area contributed by atoms with Crippen molar-refractivity contribution in [1.29, 1.82) is 0 Å². The first kappa shape index (κ1) is 16.0. The second kappa shape index (κ2) is 5.95. The summed E-state index contributed by atoms with van der Waals surface area (Å²) in [5, 5.41) is 0.748. The van der Waals surface area contributed by atoms with Gasteiger partial charge in [-0.15, -0.1) is 0 Å². The molecule has 0 amide bonds. The Labute approximate surface area is 146 Å². The molecule has 23 heavy (non-hydrogen) atoms. The molecule has 2 N–H and O–H groups in total. The van der Waals surface area contributed by atoms with Gasteiger partial charge in [-0.2, -0.15) is 0 Å². The standard InChI is InChI=1S/C18H18ClN3S/c1-10-4-7-15-21-16(13-5-6-14(19)11(2)8-13)17(22(15)9-10)12(3)18(20)23/h4-9,12H,1-3H3,(H2,20,23). The van der Waals surface area contributed by atoms with Gasteiger partial charge in [0.2, 0.25) is 0 Å². The molecule has 1 unspecified atom stereocenters. The van der Waals surface area contributed by atoms with E-state index in [2.05, 4.69) is 23.6 Å². The van der Waals surface area contributed by atoms with Crippen molar-refractivity contribution < 1.29 is 0 Å². The van der Waals surface area contributed by atoms with E-state index < -0.39 is 0 Å². The molecule has 0 aliphatic rings. The Morgan fingerprint density at radius 1 is 1.26 bits per heavy atom. The van der Waals surface area contributed by atoms with Gasteiger partial charge >= 0.3 is 0 Å². The van der Waals surface area contributed by atoms with Crippen LogP contribution in [-0.2, 0) is 0 Å². The lowest BCUT2D eigenvalue weighted by molar-refractivity contribution is 0.926. The lowest BCUT2D eigenvalue weighted by atomic mass is 10.0. The lowest BCUT2D eigenvalue weighted by Gasteiger charge is -2.13. The number of halogens is 1. The predicted molar refractivity (Wildman–Crippen MR) is 100 cm³/mol. The maximum atomic E-state index is 6.15. The summed E-state index contributed by atoms with van der Waals surface area (Å²) in [6, 6.07) is 10.00. The number of imidazole rings is 1. The van der Waals surface area contributed by atoms with Crippen molar-refractivity contribution in [2.24, 2.45) is 5.73 Å². The van der Waals surface area contributed by atoms with E-state index in [4.69, 9.17) is 34.5 Å². The van der Waals surface area contributed by atoms with Crippen molar-refractivity contribution in [3.05, 3.63) is 58.4 Å². The van der Waals surface area contributed by atoms with Crippen LogP contribution < -0.4 is 5.73 Å².